The van der Waals surface area contributed by atoms with Crippen molar-refractivity contribution in [3.05, 3.63) is 76.4 Å². The van der Waals surface area contributed by atoms with E-state index >= 15 is 4.39 Å². The maximum atomic E-state index is 15.4. The summed E-state index contributed by atoms with van der Waals surface area (Å²) in [4.78, 5) is 42.6. The van der Waals surface area contributed by atoms with Crippen molar-refractivity contribution in [3.63, 3.8) is 0 Å². The number of nitrogens with one attached hydrogen (secondary N) is 1. The standard InChI is InChI=1S/C33H38F2N4O3/c1-21-15-25(34)18-26-23(7-8-28(31(21)26)39(20-40)29-9-10-30(41)36-32(29)42)17-24-6-5-22(16-27(24)35)19-37-11-13-38(14-12-37)33(2,3)4/h5-8,15-16,18,20,29H,9-14,17,19H2,1-4H3,(H,36,41,42). The molecule has 9 heteroatoms. The first-order valence-electron chi connectivity index (χ1n) is 14.5. The smallest absolute Gasteiger partial charge is 0.249 e. The third-order valence-electron chi connectivity index (χ3n) is 8.51. The van der Waals surface area contributed by atoms with Crippen LogP contribution in [0.2, 0.25) is 0 Å². The molecule has 0 spiro atoms. The van der Waals surface area contributed by atoms with Crippen LogP contribution in [0.4, 0.5) is 14.5 Å². The molecule has 1 unspecified atom stereocenters. The number of fused-ring (bicyclic) bond motifs is 1. The van der Waals surface area contributed by atoms with Gasteiger partial charge in [0.25, 0.3) is 0 Å². The molecule has 2 fully saturated rings. The average molecular weight is 577 g/mol. The van der Waals surface area contributed by atoms with Gasteiger partial charge in [-0.25, -0.2) is 8.78 Å². The summed E-state index contributed by atoms with van der Waals surface area (Å²) >= 11 is 0. The third kappa shape index (κ3) is 6.22. The quantitative estimate of drug-likeness (QED) is 0.326. The highest BCUT2D eigenvalue weighted by Crippen LogP contribution is 2.36. The van der Waals surface area contributed by atoms with Gasteiger partial charge in [-0.3, -0.25) is 29.5 Å². The van der Waals surface area contributed by atoms with Crippen molar-refractivity contribution in [1.82, 2.24) is 15.1 Å². The van der Waals surface area contributed by atoms with E-state index < -0.39 is 17.8 Å². The Kier molecular flexibility index (Phi) is 8.44. The molecular formula is C33H38F2N4O3. The van der Waals surface area contributed by atoms with Crippen LogP contribution in [-0.4, -0.2) is 65.8 Å². The van der Waals surface area contributed by atoms with Gasteiger partial charge in [0.1, 0.15) is 17.7 Å². The molecule has 1 N–H and O–H groups in total. The summed E-state index contributed by atoms with van der Waals surface area (Å²) < 4.78 is 30.1. The summed E-state index contributed by atoms with van der Waals surface area (Å²) in [5.41, 5.74) is 3.27. The molecule has 0 aromatic heterocycles. The molecule has 1 atom stereocenters. The van der Waals surface area contributed by atoms with Gasteiger partial charge in [0.2, 0.25) is 18.2 Å². The second-order valence-electron chi connectivity index (χ2n) is 12.4. The Morgan fingerprint density at radius 2 is 1.71 bits per heavy atom. The van der Waals surface area contributed by atoms with Crippen LogP contribution in [-0.2, 0) is 27.3 Å². The minimum Gasteiger partial charge on any atom is -0.302 e. The van der Waals surface area contributed by atoms with Gasteiger partial charge in [-0.05, 0) is 86.0 Å². The summed E-state index contributed by atoms with van der Waals surface area (Å²) in [5, 5.41) is 3.44. The van der Waals surface area contributed by atoms with Crippen LogP contribution in [0.15, 0.2) is 42.5 Å². The van der Waals surface area contributed by atoms with Crippen LogP contribution in [0.1, 0.15) is 55.9 Å². The number of benzene rings is 3. The number of carbonyl (C=O) groups is 3. The number of imide groups is 1. The highest BCUT2D eigenvalue weighted by Gasteiger charge is 2.33. The summed E-state index contributed by atoms with van der Waals surface area (Å²) in [6.07, 6.45) is 1.11. The first kappa shape index (κ1) is 29.8. The van der Waals surface area contributed by atoms with Crippen LogP contribution in [0.3, 0.4) is 0 Å². The normalized spacial score (nSPS) is 18.8. The molecule has 2 aliphatic rings. The van der Waals surface area contributed by atoms with Crippen molar-refractivity contribution in [2.45, 2.75) is 65.1 Å². The fraction of sp³-hybridized carbons (Fsp3) is 0.424. The van der Waals surface area contributed by atoms with E-state index in [-0.39, 0.29) is 36.5 Å². The Morgan fingerprint density at radius 3 is 2.36 bits per heavy atom. The van der Waals surface area contributed by atoms with E-state index in [2.05, 4.69) is 35.9 Å². The number of rotatable bonds is 7. The molecule has 0 bridgehead atoms. The molecule has 3 amide bonds. The van der Waals surface area contributed by atoms with Crippen LogP contribution < -0.4 is 10.2 Å². The number of piperazine rings is 1. The summed E-state index contributed by atoms with van der Waals surface area (Å²) in [7, 11) is 0. The van der Waals surface area contributed by atoms with Crippen molar-refractivity contribution >= 4 is 34.7 Å². The minimum atomic E-state index is -0.861. The number of nitrogens with zero attached hydrogens (tertiary/aromatic N) is 3. The van der Waals surface area contributed by atoms with Crippen LogP contribution in [0, 0.1) is 18.6 Å². The van der Waals surface area contributed by atoms with Gasteiger partial charge in [0.15, 0.2) is 0 Å². The number of hydrogen-bond donors (Lipinski definition) is 1. The average Bonchev–Trinajstić information content (AvgIpc) is 2.92. The molecule has 0 radical (unpaired) electrons. The Bertz CT molecular complexity index is 1530. The number of piperidine rings is 1. The van der Waals surface area contributed by atoms with Crippen molar-refractivity contribution in [3.8, 4) is 0 Å². The highest BCUT2D eigenvalue weighted by molar-refractivity contribution is 6.08. The molecular weight excluding hydrogens is 538 g/mol. The van der Waals surface area contributed by atoms with Gasteiger partial charge < -0.3 is 4.90 Å². The van der Waals surface area contributed by atoms with Crippen molar-refractivity contribution in [2.24, 2.45) is 0 Å². The molecule has 0 saturated carbocycles. The molecule has 2 heterocycles. The van der Waals surface area contributed by atoms with Gasteiger partial charge in [-0.2, -0.15) is 0 Å². The predicted octanol–water partition coefficient (Wildman–Crippen LogP) is 4.70. The maximum absolute atomic E-state index is 15.4. The first-order valence-corrected chi connectivity index (χ1v) is 14.5. The second-order valence-corrected chi connectivity index (χ2v) is 12.4. The van der Waals surface area contributed by atoms with Crippen LogP contribution in [0.25, 0.3) is 10.8 Å². The van der Waals surface area contributed by atoms with Crippen LogP contribution in [0.5, 0.6) is 0 Å². The number of carbonyl (C=O) groups excluding carboxylic acids is 3. The lowest BCUT2D eigenvalue weighted by molar-refractivity contribution is -0.134. The van der Waals surface area contributed by atoms with E-state index in [9.17, 15) is 18.8 Å². The van der Waals surface area contributed by atoms with Crippen molar-refractivity contribution in [2.75, 3.05) is 31.1 Å². The van der Waals surface area contributed by atoms with Gasteiger partial charge >= 0.3 is 0 Å². The van der Waals surface area contributed by atoms with E-state index in [4.69, 9.17) is 0 Å². The second kappa shape index (κ2) is 11.9. The fourth-order valence-electron chi connectivity index (χ4n) is 6.18. The van der Waals surface area contributed by atoms with E-state index in [0.29, 0.717) is 46.1 Å². The lowest BCUT2D eigenvalue weighted by Gasteiger charge is -2.42. The highest BCUT2D eigenvalue weighted by atomic mass is 19.1. The van der Waals surface area contributed by atoms with E-state index in [1.165, 1.54) is 17.0 Å². The van der Waals surface area contributed by atoms with Crippen molar-refractivity contribution in [1.29, 1.82) is 0 Å². The third-order valence-corrected chi connectivity index (χ3v) is 8.51. The Morgan fingerprint density at radius 1 is 1.00 bits per heavy atom. The Balaban J connectivity index is 1.40. The van der Waals surface area contributed by atoms with E-state index in [0.717, 1.165) is 31.7 Å². The van der Waals surface area contributed by atoms with Gasteiger partial charge in [-0.1, -0.05) is 18.2 Å². The molecule has 3 aromatic carbocycles. The van der Waals surface area contributed by atoms with E-state index in [1.54, 1.807) is 31.2 Å². The maximum Gasteiger partial charge on any atom is 0.249 e. The van der Waals surface area contributed by atoms with Gasteiger partial charge in [-0.15, -0.1) is 0 Å². The zero-order chi connectivity index (χ0) is 30.2. The topological polar surface area (TPSA) is 73.0 Å². The molecule has 3 aromatic rings. The van der Waals surface area contributed by atoms with Crippen molar-refractivity contribution < 1.29 is 23.2 Å². The lowest BCUT2D eigenvalue weighted by atomic mass is 9.93. The Hall–Kier alpha value is -3.69. The molecule has 2 saturated heterocycles. The number of anilines is 1. The zero-order valence-corrected chi connectivity index (χ0v) is 24.7. The lowest BCUT2D eigenvalue weighted by Crippen LogP contribution is -2.53. The molecule has 222 valence electrons. The monoisotopic (exact) mass is 576 g/mol. The number of hydrogen-bond acceptors (Lipinski definition) is 5. The summed E-state index contributed by atoms with van der Waals surface area (Å²) in [6.45, 7) is 12.9. The fourth-order valence-corrected chi connectivity index (χ4v) is 6.18. The zero-order valence-electron chi connectivity index (χ0n) is 24.7. The predicted molar refractivity (Wildman–Crippen MR) is 159 cm³/mol. The largest absolute Gasteiger partial charge is 0.302 e. The number of amides is 3. The van der Waals surface area contributed by atoms with Gasteiger partial charge in [0.05, 0.1) is 5.69 Å². The molecule has 2 aliphatic heterocycles. The van der Waals surface area contributed by atoms with E-state index in [1.807, 2.05) is 6.07 Å². The molecule has 7 nitrogen and oxygen atoms in total. The summed E-state index contributed by atoms with van der Waals surface area (Å²) in [6, 6.07) is 10.7. The van der Waals surface area contributed by atoms with Gasteiger partial charge in [0, 0.05) is 56.5 Å². The summed E-state index contributed by atoms with van der Waals surface area (Å²) in [5.74, 6) is -1.69. The first-order chi connectivity index (χ1) is 19.9. The SMILES string of the molecule is Cc1cc(F)cc2c(Cc3ccc(CN4CCN(C(C)(C)C)CC4)cc3F)ccc(N(C=O)C3CCC(=O)NC3=O)c12. The minimum absolute atomic E-state index is 0.118. The molecule has 5 rings (SSSR count). The molecule has 0 aliphatic carbocycles. The number of halogens is 2. The van der Waals surface area contributed by atoms with Crippen LogP contribution >= 0.6 is 0 Å². The molecule has 42 heavy (non-hydrogen) atoms. The number of aryl methyl sites for hydroxylation is 1. The Labute approximate surface area is 245 Å².